The number of piperidine rings is 1. The van der Waals surface area contributed by atoms with Crippen LogP contribution in [-0.2, 0) is 6.42 Å². The number of carbonyl (C=O) groups is 1. The van der Waals surface area contributed by atoms with Crippen molar-refractivity contribution < 1.29 is 9.90 Å². The summed E-state index contributed by atoms with van der Waals surface area (Å²) < 4.78 is 0. The van der Waals surface area contributed by atoms with Crippen molar-refractivity contribution >= 4 is 6.09 Å². The molecule has 0 atom stereocenters. The molecular formula is C15H22N2O2. The Labute approximate surface area is 114 Å². The molecular weight excluding hydrogens is 240 g/mol. The molecule has 1 aromatic rings. The minimum Gasteiger partial charge on any atom is -0.465 e. The van der Waals surface area contributed by atoms with Gasteiger partial charge < -0.3 is 15.3 Å². The highest BCUT2D eigenvalue weighted by molar-refractivity contribution is 5.64. The summed E-state index contributed by atoms with van der Waals surface area (Å²) in [4.78, 5) is 13.0. The molecule has 1 aliphatic heterocycles. The molecule has 0 radical (unpaired) electrons. The first-order valence-corrected chi connectivity index (χ1v) is 6.91. The van der Waals surface area contributed by atoms with Gasteiger partial charge in [0.2, 0.25) is 0 Å². The lowest BCUT2D eigenvalue weighted by Gasteiger charge is -2.31. The number of rotatable bonds is 4. The van der Waals surface area contributed by atoms with Gasteiger partial charge in [0.25, 0.3) is 0 Å². The lowest BCUT2D eigenvalue weighted by atomic mass is 10.0. The van der Waals surface area contributed by atoms with E-state index in [2.05, 4.69) is 41.4 Å². The fourth-order valence-corrected chi connectivity index (χ4v) is 2.52. The van der Waals surface area contributed by atoms with Gasteiger partial charge in [-0.15, -0.1) is 0 Å². The summed E-state index contributed by atoms with van der Waals surface area (Å²) in [6.07, 6.45) is 2.00. The molecule has 0 unspecified atom stereocenters. The highest BCUT2D eigenvalue weighted by atomic mass is 16.4. The molecule has 1 aromatic carbocycles. The Bertz CT molecular complexity index is 409. The van der Waals surface area contributed by atoms with Gasteiger partial charge in [0.05, 0.1) is 0 Å². The van der Waals surface area contributed by atoms with Gasteiger partial charge in [0.15, 0.2) is 0 Å². The smallest absolute Gasteiger partial charge is 0.404 e. The molecule has 1 amide bonds. The summed E-state index contributed by atoms with van der Waals surface area (Å²) in [5.74, 6) is 0. The summed E-state index contributed by atoms with van der Waals surface area (Å²) >= 11 is 0. The predicted molar refractivity (Wildman–Crippen MR) is 75.5 cm³/mol. The Morgan fingerprint density at radius 3 is 2.53 bits per heavy atom. The first kappa shape index (κ1) is 13.9. The fourth-order valence-electron chi connectivity index (χ4n) is 2.52. The zero-order chi connectivity index (χ0) is 13.7. The van der Waals surface area contributed by atoms with Crippen LogP contribution in [0.15, 0.2) is 24.3 Å². The molecule has 1 aliphatic rings. The Balaban J connectivity index is 1.71. The second-order valence-electron chi connectivity index (χ2n) is 5.30. The van der Waals surface area contributed by atoms with E-state index < -0.39 is 6.09 Å². The highest BCUT2D eigenvalue weighted by Gasteiger charge is 2.19. The SMILES string of the molecule is Cc1ccc(CCN2CCC(NC(=O)O)CC2)cc1. The number of carboxylic acid groups (broad SMARTS) is 1. The fraction of sp³-hybridized carbons (Fsp3) is 0.533. The number of benzene rings is 1. The summed E-state index contributed by atoms with van der Waals surface area (Å²) in [7, 11) is 0. The molecule has 19 heavy (non-hydrogen) atoms. The third-order valence-electron chi connectivity index (χ3n) is 3.75. The van der Waals surface area contributed by atoms with Crippen molar-refractivity contribution in [1.82, 2.24) is 10.2 Å². The molecule has 1 heterocycles. The summed E-state index contributed by atoms with van der Waals surface area (Å²) in [6.45, 7) is 5.13. The van der Waals surface area contributed by atoms with E-state index in [0.717, 1.165) is 38.9 Å². The molecule has 0 aliphatic carbocycles. The average molecular weight is 262 g/mol. The van der Waals surface area contributed by atoms with Crippen molar-refractivity contribution in [2.75, 3.05) is 19.6 Å². The minimum atomic E-state index is -0.905. The molecule has 104 valence electrons. The maximum absolute atomic E-state index is 10.6. The Morgan fingerprint density at radius 2 is 1.95 bits per heavy atom. The van der Waals surface area contributed by atoms with Crippen molar-refractivity contribution in [3.05, 3.63) is 35.4 Å². The van der Waals surface area contributed by atoms with Crippen LogP contribution < -0.4 is 5.32 Å². The van der Waals surface area contributed by atoms with E-state index in [0.29, 0.717) is 0 Å². The monoisotopic (exact) mass is 262 g/mol. The van der Waals surface area contributed by atoms with Crippen molar-refractivity contribution in [2.45, 2.75) is 32.2 Å². The maximum Gasteiger partial charge on any atom is 0.404 e. The molecule has 0 spiro atoms. The topological polar surface area (TPSA) is 52.6 Å². The second kappa shape index (κ2) is 6.57. The zero-order valence-corrected chi connectivity index (χ0v) is 11.4. The Kier molecular flexibility index (Phi) is 4.80. The number of amides is 1. The third kappa shape index (κ3) is 4.56. The summed E-state index contributed by atoms with van der Waals surface area (Å²) in [6, 6.07) is 8.81. The van der Waals surface area contributed by atoms with Gasteiger partial charge in [0.1, 0.15) is 0 Å². The van der Waals surface area contributed by atoms with E-state index in [4.69, 9.17) is 5.11 Å². The lowest BCUT2D eigenvalue weighted by molar-refractivity contribution is 0.169. The van der Waals surface area contributed by atoms with Gasteiger partial charge in [-0.05, 0) is 31.7 Å². The first-order chi connectivity index (χ1) is 9.13. The summed E-state index contributed by atoms with van der Waals surface area (Å²) in [5, 5.41) is 11.3. The van der Waals surface area contributed by atoms with Gasteiger partial charge in [-0.3, -0.25) is 0 Å². The third-order valence-corrected chi connectivity index (χ3v) is 3.75. The van der Waals surface area contributed by atoms with E-state index in [9.17, 15) is 4.79 Å². The molecule has 4 heteroatoms. The number of likely N-dealkylation sites (tertiary alicyclic amines) is 1. The molecule has 1 saturated heterocycles. The van der Waals surface area contributed by atoms with E-state index >= 15 is 0 Å². The van der Waals surface area contributed by atoms with Crippen molar-refractivity contribution in [2.24, 2.45) is 0 Å². The van der Waals surface area contributed by atoms with Crippen LogP contribution in [0.5, 0.6) is 0 Å². The molecule has 2 rings (SSSR count). The van der Waals surface area contributed by atoms with Crippen LogP contribution in [0.25, 0.3) is 0 Å². The molecule has 0 bridgehead atoms. The van der Waals surface area contributed by atoms with Gasteiger partial charge in [-0.25, -0.2) is 4.79 Å². The van der Waals surface area contributed by atoms with Crippen LogP contribution in [0.1, 0.15) is 24.0 Å². The standard InChI is InChI=1S/C15H22N2O2/c1-12-2-4-13(5-3-12)6-9-17-10-7-14(8-11-17)16-15(18)19/h2-5,14,16H,6-11H2,1H3,(H,18,19). The van der Waals surface area contributed by atoms with Gasteiger partial charge in [0, 0.05) is 25.7 Å². The summed E-state index contributed by atoms with van der Waals surface area (Å²) in [5.41, 5.74) is 2.67. The van der Waals surface area contributed by atoms with Gasteiger partial charge in [-0.1, -0.05) is 29.8 Å². The quantitative estimate of drug-likeness (QED) is 0.875. The molecule has 4 nitrogen and oxygen atoms in total. The van der Waals surface area contributed by atoms with E-state index in [-0.39, 0.29) is 6.04 Å². The van der Waals surface area contributed by atoms with Crippen LogP contribution in [0.3, 0.4) is 0 Å². The number of nitrogens with one attached hydrogen (secondary N) is 1. The second-order valence-corrected chi connectivity index (χ2v) is 5.30. The maximum atomic E-state index is 10.6. The van der Waals surface area contributed by atoms with Crippen LogP contribution in [0.2, 0.25) is 0 Å². The number of hydrogen-bond acceptors (Lipinski definition) is 2. The average Bonchev–Trinajstić information content (AvgIpc) is 2.39. The van der Waals surface area contributed by atoms with Crippen LogP contribution in [0.4, 0.5) is 4.79 Å². The Hall–Kier alpha value is -1.55. The van der Waals surface area contributed by atoms with Gasteiger partial charge in [-0.2, -0.15) is 0 Å². The highest BCUT2D eigenvalue weighted by Crippen LogP contribution is 2.12. The normalized spacial score (nSPS) is 17.3. The van der Waals surface area contributed by atoms with Crippen molar-refractivity contribution in [3.8, 4) is 0 Å². The van der Waals surface area contributed by atoms with E-state index in [1.165, 1.54) is 11.1 Å². The number of aryl methyl sites for hydroxylation is 1. The van der Waals surface area contributed by atoms with Crippen LogP contribution in [-0.4, -0.2) is 41.8 Å². The van der Waals surface area contributed by atoms with E-state index in [1.54, 1.807) is 0 Å². The number of hydrogen-bond donors (Lipinski definition) is 2. The number of nitrogens with zero attached hydrogens (tertiary/aromatic N) is 1. The zero-order valence-electron chi connectivity index (χ0n) is 11.4. The lowest BCUT2D eigenvalue weighted by Crippen LogP contribution is -2.44. The Morgan fingerprint density at radius 1 is 1.32 bits per heavy atom. The van der Waals surface area contributed by atoms with E-state index in [1.807, 2.05) is 0 Å². The van der Waals surface area contributed by atoms with Crippen LogP contribution in [0, 0.1) is 6.92 Å². The molecule has 2 N–H and O–H groups in total. The largest absolute Gasteiger partial charge is 0.465 e. The van der Waals surface area contributed by atoms with Crippen molar-refractivity contribution in [1.29, 1.82) is 0 Å². The molecule has 1 fully saturated rings. The van der Waals surface area contributed by atoms with Gasteiger partial charge >= 0.3 is 6.09 Å². The minimum absolute atomic E-state index is 0.133. The molecule has 0 aromatic heterocycles. The predicted octanol–water partition coefficient (Wildman–Crippen LogP) is 2.27. The van der Waals surface area contributed by atoms with Crippen molar-refractivity contribution in [3.63, 3.8) is 0 Å². The van der Waals surface area contributed by atoms with Crippen LogP contribution >= 0.6 is 0 Å². The first-order valence-electron chi connectivity index (χ1n) is 6.91. The molecule has 0 saturated carbocycles.